The van der Waals surface area contributed by atoms with Crippen LogP contribution in [0.5, 0.6) is 0 Å². The summed E-state index contributed by atoms with van der Waals surface area (Å²) in [7, 11) is -3.15. The molecule has 1 aromatic rings. The normalized spacial score (nSPS) is 10.9. The molecule has 8 heteroatoms. The van der Waals surface area contributed by atoms with Gasteiger partial charge in [-0.3, -0.25) is 0 Å². The lowest BCUT2D eigenvalue weighted by Gasteiger charge is -2.08. The second-order valence-corrected chi connectivity index (χ2v) is 5.51. The number of pyridine rings is 1. The highest BCUT2D eigenvalue weighted by Gasteiger charge is 2.05. The van der Waals surface area contributed by atoms with Crippen molar-refractivity contribution in [2.24, 2.45) is 0 Å². The van der Waals surface area contributed by atoms with Gasteiger partial charge >= 0.3 is 0 Å². The summed E-state index contributed by atoms with van der Waals surface area (Å²) in [5, 5.41) is 11.7. The van der Waals surface area contributed by atoms with E-state index in [-0.39, 0.29) is 0 Å². The maximum Gasteiger partial charge on any atom is 0.208 e. The Morgan fingerprint density at radius 3 is 2.83 bits per heavy atom. The molecule has 1 aromatic heterocycles. The number of rotatable bonds is 6. The van der Waals surface area contributed by atoms with E-state index in [1.165, 1.54) is 12.3 Å². The summed E-state index contributed by atoms with van der Waals surface area (Å²) in [6, 6.07) is 3.49. The van der Waals surface area contributed by atoms with Crippen LogP contribution >= 0.6 is 0 Å². The molecule has 98 valence electrons. The minimum absolute atomic E-state index is 0.302. The summed E-state index contributed by atoms with van der Waals surface area (Å²) in [6.07, 6.45) is 3.19. The molecule has 0 aliphatic carbocycles. The molecular formula is C10H15N5O2S. The monoisotopic (exact) mass is 269 g/mol. The highest BCUT2D eigenvalue weighted by atomic mass is 32.2. The van der Waals surface area contributed by atoms with Crippen molar-refractivity contribution in [1.29, 1.82) is 5.26 Å². The average molecular weight is 269 g/mol. The average Bonchev–Trinajstić information content (AvgIpc) is 2.29. The molecule has 1 heterocycles. The highest BCUT2D eigenvalue weighted by Crippen LogP contribution is 2.18. The van der Waals surface area contributed by atoms with Crippen molar-refractivity contribution in [2.45, 2.75) is 6.42 Å². The van der Waals surface area contributed by atoms with Crippen LogP contribution in [-0.2, 0) is 10.0 Å². The Hall–Kier alpha value is -1.85. The van der Waals surface area contributed by atoms with E-state index in [0.717, 1.165) is 6.26 Å². The van der Waals surface area contributed by atoms with Gasteiger partial charge in [0.1, 0.15) is 6.07 Å². The summed E-state index contributed by atoms with van der Waals surface area (Å²) in [6.45, 7) is 0.846. The van der Waals surface area contributed by atoms with Crippen LogP contribution in [0.2, 0.25) is 0 Å². The summed E-state index contributed by atoms with van der Waals surface area (Å²) in [5.74, 6) is 0.438. The van der Waals surface area contributed by atoms with E-state index in [2.05, 4.69) is 15.0 Å². The van der Waals surface area contributed by atoms with Crippen LogP contribution in [0, 0.1) is 11.3 Å². The smallest absolute Gasteiger partial charge is 0.208 e. The van der Waals surface area contributed by atoms with Gasteiger partial charge in [0, 0.05) is 19.3 Å². The van der Waals surface area contributed by atoms with Gasteiger partial charge in [-0.1, -0.05) is 0 Å². The van der Waals surface area contributed by atoms with Crippen molar-refractivity contribution in [3.05, 3.63) is 17.8 Å². The van der Waals surface area contributed by atoms with Gasteiger partial charge in [-0.15, -0.1) is 0 Å². The van der Waals surface area contributed by atoms with Gasteiger partial charge in [-0.2, -0.15) is 5.26 Å². The number of aromatic nitrogens is 1. The van der Waals surface area contributed by atoms with E-state index in [9.17, 15) is 8.42 Å². The number of anilines is 2. The maximum absolute atomic E-state index is 10.8. The molecule has 7 nitrogen and oxygen atoms in total. The lowest BCUT2D eigenvalue weighted by Crippen LogP contribution is -2.24. The maximum atomic E-state index is 10.8. The predicted octanol–water partition coefficient (Wildman–Crippen LogP) is -0.113. The molecule has 0 atom stereocenters. The van der Waals surface area contributed by atoms with Gasteiger partial charge in [-0.25, -0.2) is 18.1 Å². The Kier molecular flexibility index (Phi) is 4.88. The van der Waals surface area contributed by atoms with Crippen LogP contribution < -0.4 is 15.8 Å². The molecule has 0 fully saturated rings. The zero-order valence-corrected chi connectivity index (χ0v) is 10.8. The van der Waals surface area contributed by atoms with Gasteiger partial charge in [0.15, 0.2) is 5.82 Å². The molecule has 1 rings (SSSR count). The first kappa shape index (κ1) is 14.2. The van der Waals surface area contributed by atoms with E-state index in [1.54, 1.807) is 0 Å². The molecular weight excluding hydrogens is 254 g/mol. The first-order chi connectivity index (χ1) is 8.44. The van der Waals surface area contributed by atoms with Crippen molar-refractivity contribution in [1.82, 2.24) is 9.71 Å². The highest BCUT2D eigenvalue weighted by molar-refractivity contribution is 7.88. The minimum Gasteiger partial charge on any atom is -0.395 e. The summed E-state index contributed by atoms with van der Waals surface area (Å²) in [4.78, 5) is 4.01. The molecule has 0 radical (unpaired) electrons. The van der Waals surface area contributed by atoms with Crippen LogP contribution in [0.3, 0.4) is 0 Å². The molecule has 0 spiro atoms. The van der Waals surface area contributed by atoms with Crippen LogP contribution in [-0.4, -0.2) is 32.7 Å². The lowest BCUT2D eigenvalue weighted by molar-refractivity contribution is 0.586. The fourth-order valence-corrected chi connectivity index (χ4v) is 1.78. The number of sulfonamides is 1. The number of nitrogens with one attached hydrogen (secondary N) is 2. The molecule has 4 N–H and O–H groups in total. The molecule has 18 heavy (non-hydrogen) atoms. The molecule has 0 amide bonds. The second kappa shape index (κ2) is 6.18. The number of nitriles is 1. The zero-order chi connectivity index (χ0) is 13.6. The third-order valence-corrected chi connectivity index (χ3v) is 2.85. The third-order valence-electron chi connectivity index (χ3n) is 2.12. The fourth-order valence-electron chi connectivity index (χ4n) is 1.26. The van der Waals surface area contributed by atoms with Crippen molar-refractivity contribution < 1.29 is 8.42 Å². The summed E-state index contributed by atoms with van der Waals surface area (Å²) >= 11 is 0. The zero-order valence-electron chi connectivity index (χ0n) is 9.97. The van der Waals surface area contributed by atoms with Crippen LogP contribution in [0.1, 0.15) is 12.0 Å². The standard InChI is InChI=1S/C10H15N5O2S/c1-18(16,17)15-5-2-4-13-10-9(12)8(7-11)3-6-14-10/h3,6,15H,2,4-5,12H2,1H3,(H,13,14). The van der Waals surface area contributed by atoms with E-state index in [0.29, 0.717) is 36.6 Å². The van der Waals surface area contributed by atoms with Crippen LogP contribution in [0.25, 0.3) is 0 Å². The minimum atomic E-state index is -3.15. The Labute approximate surface area is 106 Å². The van der Waals surface area contributed by atoms with Crippen LogP contribution in [0.15, 0.2) is 12.3 Å². The first-order valence-electron chi connectivity index (χ1n) is 5.27. The Balaban J connectivity index is 2.43. The van der Waals surface area contributed by atoms with Crippen molar-refractivity contribution >= 4 is 21.5 Å². The van der Waals surface area contributed by atoms with Gasteiger partial charge in [0.05, 0.1) is 17.5 Å². The quantitative estimate of drug-likeness (QED) is 0.619. The lowest BCUT2D eigenvalue weighted by atomic mass is 10.2. The van der Waals surface area contributed by atoms with Gasteiger partial charge in [-0.05, 0) is 12.5 Å². The number of nitrogens with zero attached hydrogens (tertiary/aromatic N) is 2. The Morgan fingerprint density at radius 1 is 1.50 bits per heavy atom. The van der Waals surface area contributed by atoms with E-state index < -0.39 is 10.0 Å². The van der Waals surface area contributed by atoms with Crippen molar-refractivity contribution in [3.63, 3.8) is 0 Å². The van der Waals surface area contributed by atoms with Gasteiger partial charge in [0.25, 0.3) is 0 Å². The first-order valence-corrected chi connectivity index (χ1v) is 7.16. The van der Waals surface area contributed by atoms with Crippen molar-refractivity contribution in [2.75, 3.05) is 30.4 Å². The second-order valence-electron chi connectivity index (χ2n) is 3.68. The Bertz CT molecular complexity index is 550. The summed E-state index contributed by atoms with van der Waals surface area (Å²) in [5.41, 5.74) is 6.38. The topological polar surface area (TPSA) is 121 Å². The molecule has 0 aliphatic rings. The van der Waals surface area contributed by atoms with Gasteiger partial charge < -0.3 is 11.1 Å². The largest absolute Gasteiger partial charge is 0.395 e. The van der Waals surface area contributed by atoms with Crippen LogP contribution in [0.4, 0.5) is 11.5 Å². The number of hydrogen-bond acceptors (Lipinski definition) is 6. The van der Waals surface area contributed by atoms with Gasteiger partial charge in [0.2, 0.25) is 10.0 Å². The molecule has 0 saturated carbocycles. The SMILES string of the molecule is CS(=O)(=O)NCCCNc1nccc(C#N)c1N. The van der Waals surface area contributed by atoms with Crippen molar-refractivity contribution in [3.8, 4) is 6.07 Å². The number of nitrogen functional groups attached to an aromatic ring is 1. The summed E-state index contributed by atoms with van der Waals surface area (Å²) < 4.78 is 24.0. The van der Waals surface area contributed by atoms with E-state index >= 15 is 0 Å². The Morgan fingerprint density at radius 2 is 2.22 bits per heavy atom. The van der Waals surface area contributed by atoms with E-state index in [4.69, 9.17) is 11.0 Å². The third kappa shape index (κ3) is 4.57. The molecule has 0 unspecified atom stereocenters. The molecule has 0 saturated heterocycles. The number of nitrogens with two attached hydrogens (primary N) is 1. The molecule has 0 aromatic carbocycles. The van der Waals surface area contributed by atoms with E-state index in [1.807, 2.05) is 6.07 Å². The number of hydrogen-bond donors (Lipinski definition) is 3. The predicted molar refractivity (Wildman–Crippen MR) is 69.3 cm³/mol. The molecule has 0 bridgehead atoms. The fraction of sp³-hybridized carbons (Fsp3) is 0.400. The molecule has 0 aliphatic heterocycles.